The summed E-state index contributed by atoms with van der Waals surface area (Å²) in [6.45, 7) is 13.2. The first-order chi connectivity index (χ1) is 30.7. The second-order valence-corrected chi connectivity index (χ2v) is 20.7. The van der Waals surface area contributed by atoms with Gasteiger partial charge in [-0.1, -0.05) is 73.3 Å². The summed E-state index contributed by atoms with van der Waals surface area (Å²) in [6, 6.07) is -1.12. The van der Waals surface area contributed by atoms with Crippen molar-refractivity contribution in [3.05, 3.63) is 11.6 Å². The Morgan fingerprint density at radius 1 is 0.800 bits per heavy atom. The van der Waals surface area contributed by atoms with Crippen molar-refractivity contribution in [3.63, 3.8) is 0 Å². The zero-order valence-corrected chi connectivity index (χ0v) is 41.3. The number of fused-ring (bicyclic) bond motifs is 3. The molecule has 14 heteroatoms. The number of carbonyl (C=O) groups is 5. The Balaban J connectivity index is 1.66. The summed E-state index contributed by atoms with van der Waals surface area (Å²) in [5.74, 6) is -7.18. The van der Waals surface area contributed by atoms with Crippen LogP contribution >= 0.6 is 0 Å². The van der Waals surface area contributed by atoms with Gasteiger partial charge in [0.25, 0.3) is 11.7 Å². The molecule has 1 saturated carbocycles. The molecular weight excluding hydrogens is 835 g/mol. The number of carbonyl (C=O) groups excluding carboxylic acids is 5. The van der Waals surface area contributed by atoms with E-state index in [4.69, 9.17) is 23.7 Å². The Morgan fingerprint density at radius 2 is 1.48 bits per heavy atom. The fourth-order valence-corrected chi connectivity index (χ4v) is 11.0. The van der Waals surface area contributed by atoms with Gasteiger partial charge in [-0.2, -0.15) is 0 Å². The molecule has 65 heavy (non-hydrogen) atoms. The van der Waals surface area contributed by atoms with E-state index in [1.165, 1.54) is 12.0 Å². The van der Waals surface area contributed by atoms with Crippen LogP contribution in [0.3, 0.4) is 0 Å². The highest BCUT2D eigenvalue weighted by Crippen LogP contribution is 2.38. The fraction of sp³-hybridized carbons (Fsp3) is 0.863. The number of hydrogen-bond acceptors (Lipinski definition) is 13. The lowest BCUT2D eigenvalue weighted by molar-refractivity contribution is -0.267. The molecule has 0 aromatic carbocycles. The summed E-state index contributed by atoms with van der Waals surface area (Å²) in [5.41, 5.74) is 0.415. The second-order valence-electron chi connectivity index (χ2n) is 20.7. The number of methoxy groups -OCH3 is 3. The molecular formula is C51H85NO13. The lowest BCUT2D eigenvalue weighted by Crippen LogP contribution is -2.61. The van der Waals surface area contributed by atoms with Crippen molar-refractivity contribution >= 4 is 29.2 Å². The molecule has 3 aliphatic heterocycles. The van der Waals surface area contributed by atoms with Gasteiger partial charge in [0.1, 0.15) is 30.1 Å². The number of amides is 1. The summed E-state index contributed by atoms with van der Waals surface area (Å²) in [6.07, 6.45) is 7.34. The first-order valence-electron chi connectivity index (χ1n) is 24.9. The molecule has 0 aromatic heterocycles. The largest absolute Gasteiger partial charge is 0.460 e. The molecule has 4 rings (SSSR count). The van der Waals surface area contributed by atoms with Gasteiger partial charge in [0, 0.05) is 58.5 Å². The van der Waals surface area contributed by atoms with Gasteiger partial charge in [0.2, 0.25) is 5.79 Å². The topological polar surface area (TPSA) is 195 Å². The van der Waals surface area contributed by atoms with Gasteiger partial charge in [0.05, 0.1) is 24.4 Å². The zero-order chi connectivity index (χ0) is 48.2. The van der Waals surface area contributed by atoms with Crippen LogP contribution in [0, 0.1) is 41.4 Å². The molecule has 4 aliphatic rings. The minimum atomic E-state index is -2.39. The molecule has 14 nitrogen and oxygen atoms in total. The molecule has 1 unspecified atom stereocenters. The van der Waals surface area contributed by atoms with Crippen molar-refractivity contribution in [1.82, 2.24) is 4.90 Å². The monoisotopic (exact) mass is 920 g/mol. The van der Waals surface area contributed by atoms with E-state index in [1.54, 1.807) is 41.1 Å². The van der Waals surface area contributed by atoms with Gasteiger partial charge in [-0.25, -0.2) is 4.79 Å². The number of piperidine rings is 1. The zero-order valence-electron chi connectivity index (χ0n) is 41.3. The van der Waals surface area contributed by atoms with E-state index >= 15 is 0 Å². The molecule has 2 bridgehead atoms. The quantitative estimate of drug-likeness (QED) is 0.145. The van der Waals surface area contributed by atoms with Crippen LogP contribution in [0.5, 0.6) is 0 Å². The Kier molecular flexibility index (Phi) is 21.7. The number of cyclic esters (lactones) is 1. The Hall–Kier alpha value is -2.59. The highest BCUT2D eigenvalue weighted by Gasteiger charge is 2.53. The van der Waals surface area contributed by atoms with Crippen molar-refractivity contribution in [1.29, 1.82) is 0 Å². The van der Waals surface area contributed by atoms with Gasteiger partial charge in [-0.05, 0) is 107 Å². The van der Waals surface area contributed by atoms with Gasteiger partial charge < -0.3 is 43.9 Å². The molecule has 3 fully saturated rings. The lowest BCUT2D eigenvalue weighted by atomic mass is 9.78. The minimum absolute atomic E-state index is 0.107. The number of esters is 1. The smallest absolute Gasteiger partial charge is 0.329 e. The number of ketones is 3. The summed E-state index contributed by atoms with van der Waals surface area (Å²) in [4.78, 5) is 71.9. The van der Waals surface area contributed by atoms with E-state index in [0.717, 1.165) is 38.5 Å². The number of Topliss-reactive ketones (excluding diaryl/α,β-unsaturated/α-hetero) is 3. The molecule has 1 aliphatic carbocycles. The normalized spacial score (nSPS) is 40.4. The number of ether oxygens (including phenoxy) is 5. The van der Waals surface area contributed by atoms with Crippen LogP contribution in [-0.2, 0) is 47.7 Å². The molecule has 3 N–H and O–H groups in total. The van der Waals surface area contributed by atoms with Gasteiger partial charge in [-0.3, -0.25) is 19.2 Å². The van der Waals surface area contributed by atoms with Gasteiger partial charge in [-0.15, -0.1) is 0 Å². The van der Waals surface area contributed by atoms with Crippen LogP contribution in [-0.4, -0.2) is 132 Å². The molecule has 3 heterocycles. The maximum Gasteiger partial charge on any atom is 0.329 e. The highest BCUT2D eigenvalue weighted by molar-refractivity contribution is 6.39. The highest BCUT2D eigenvalue weighted by atomic mass is 16.6. The lowest BCUT2D eigenvalue weighted by Gasteiger charge is -2.43. The summed E-state index contributed by atoms with van der Waals surface area (Å²) in [5, 5.41) is 33.9. The first-order valence-corrected chi connectivity index (χ1v) is 24.9. The molecule has 2 saturated heterocycles. The molecule has 0 radical (unpaired) electrons. The number of aliphatic hydroxyl groups is 3. The summed E-state index contributed by atoms with van der Waals surface area (Å²) >= 11 is 0. The summed E-state index contributed by atoms with van der Waals surface area (Å²) < 4.78 is 29.6. The van der Waals surface area contributed by atoms with Crippen molar-refractivity contribution in [2.24, 2.45) is 41.4 Å². The van der Waals surface area contributed by atoms with E-state index in [-0.39, 0.29) is 72.8 Å². The number of nitrogens with zero attached hydrogens (tertiary/aromatic N) is 1. The molecule has 0 aromatic rings. The first kappa shape index (κ1) is 55.0. The molecule has 372 valence electrons. The average molecular weight is 920 g/mol. The Labute approximate surface area is 389 Å². The van der Waals surface area contributed by atoms with E-state index < -0.39 is 71.8 Å². The van der Waals surface area contributed by atoms with Crippen LogP contribution in [0.25, 0.3) is 0 Å². The number of hydrogen-bond donors (Lipinski definition) is 3. The van der Waals surface area contributed by atoms with Gasteiger partial charge in [0.15, 0.2) is 5.78 Å². The van der Waals surface area contributed by atoms with E-state index in [0.29, 0.717) is 63.4 Å². The second kappa shape index (κ2) is 25.7. The number of allylic oxidation sites excluding steroid dienone is 1. The maximum atomic E-state index is 14.4. The van der Waals surface area contributed by atoms with Crippen LogP contribution in [0.1, 0.15) is 158 Å². The molecule has 0 spiro atoms. The summed E-state index contributed by atoms with van der Waals surface area (Å²) in [7, 11) is 4.63. The third-order valence-electron chi connectivity index (χ3n) is 15.5. The predicted molar refractivity (Wildman–Crippen MR) is 245 cm³/mol. The van der Waals surface area contributed by atoms with Crippen molar-refractivity contribution in [2.45, 2.75) is 212 Å². The third kappa shape index (κ3) is 14.7. The van der Waals surface area contributed by atoms with Crippen LogP contribution in [0.2, 0.25) is 0 Å². The minimum Gasteiger partial charge on any atom is -0.460 e. The Bertz CT molecular complexity index is 1600. The van der Waals surface area contributed by atoms with E-state index in [2.05, 4.69) is 13.8 Å². The van der Waals surface area contributed by atoms with Crippen LogP contribution < -0.4 is 0 Å². The van der Waals surface area contributed by atoms with Crippen molar-refractivity contribution in [3.8, 4) is 0 Å². The van der Waals surface area contributed by atoms with Crippen molar-refractivity contribution in [2.75, 3.05) is 27.9 Å². The molecule has 16 atom stereocenters. The number of aliphatic hydroxyl groups excluding tert-OH is 2. The molecule has 1 amide bonds. The Morgan fingerprint density at radius 3 is 2.15 bits per heavy atom. The van der Waals surface area contributed by atoms with E-state index in [9.17, 15) is 39.3 Å². The maximum absolute atomic E-state index is 14.4. The predicted octanol–water partition coefficient (Wildman–Crippen LogP) is 6.71. The fourth-order valence-electron chi connectivity index (χ4n) is 11.0. The number of rotatable bonds is 6. The average Bonchev–Trinajstić information content (AvgIpc) is 3.28. The van der Waals surface area contributed by atoms with Crippen molar-refractivity contribution < 1.29 is 63.0 Å². The van der Waals surface area contributed by atoms with Gasteiger partial charge >= 0.3 is 5.97 Å². The SMILES string of the molecule is CO[C@H]1C[C@@H]2CC[C@@H](C)[C@@](O)(O2)C(=O)C(=O)N2CCCC[C@H]2C(=O)O[C@H]([C@H](C)C[C@@H]2CC[C@@H](O)[C@H](OC)C2)CC(=O)[C@H](C)/C=C(\C)[C@@H](O)[C@@H](OC)C(=O)[C@H](C)C[C@H](C)CCCCCC1C. The van der Waals surface area contributed by atoms with E-state index in [1.807, 2.05) is 13.8 Å². The third-order valence-corrected chi connectivity index (χ3v) is 15.5. The standard InChI is InChI=1S/C51H85NO13/c1-30-16-12-11-13-17-31(2)42(61-8)28-38-21-19-36(7)51(60,65-38)48(57)49(58)52-23-15-14-18-39(52)50(59)64-43(33(4)26-37-20-22-40(53)44(27-37)62-9)29-41(54)32(3)25-35(6)46(56)47(63-10)45(55)34(5)24-30/h25,30-34,36-40,42-44,46-47,53,56,60H,11-24,26-29H2,1-10H3/b35-25+/t30-,31?,32-,33-,34-,36-,37+,38+,39+,40-,42+,43+,44-,46-,47+,51-/m1/s1. The van der Waals surface area contributed by atoms with Crippen LogP contribution in [0.15, 0.2) is 11.6 Å². The van der Waals surface area contributed by atoms with Crippen LogP contribution in [0.4, 0.5) is 0 Å².